The standard InChI is InChI=1S/C7H10BP/c1-6-4-2-3-5-7(6)8-9/h2-5,8H,9H2,1H3. The highest BCUT2D eigenvalue weighted by molar-refractivity contribution is 7.58. The molecule has 9 heavy (non-hydrogen) atoms. The smallest absolute Gasteiger partial charge is 0.169 e. The molecule has 1 rings (SSSR count). The Morgan fingerprint density at radius 3 is 2.44 bits per heavy atom. The summed E-state index contributed by atoms with van der Waals surface area (Å²) in [6.45, 7) is 3.20. The van der Waals surface area contributed by atoms with Gasteiger partial charge in [-0.2, -0.15) is 9.12 Å². The second kappa shape index (κ2) is 3.03. The lowest BCUT2D eigenvalue weighted by atomic mass is 9.90. The summed E-state index contributed by atoms with van der Waals surface area (Å²) in [5.74, 6) is 0. The van der Waals surface area contributed by atoms with Crippen molar-refractivity contribution in [2.45, 2.75) is 6.92 Å². The molecule has 0 aliphatic heterocycles. The first-order valence-corrected chi connectivity index (χ1v) is 3.91. The summed E-state index contributed by atoms with van der Waals surface area (Å²) in [7, 11) is 2.73. The second-order valence-electron chi connectivity index (χ2n) is 2.13. The molecular formula is C7H10BP. The van der Waals surface area contributed by atoms with Crippen molar-refractivity contribution in [3.63, 3.8) is 0 Å². The first-order valence-electron chi connectivity index (χ1n) is 3.09. The molecule has 1 unspecified atom stereocenters. The fraction of sp³-hybridized carbons (Fsp3) is 0.143. The largest absolute Gasteiger partial charge is 0.180 e. The Bertz CT molecular complexity index is 198. The molecule has 2 heteroatoms. The summed E-state index contributed by atoms with van der Waals surface area (Å²) >= 11 is 0. The van der Waals surface area contributed by atoms with Crippen molar-refractivity contribution in [3.05, 3.63) is 29.8 Å². The number of hydrogen-bond donors (Lipinski definition) is 0. The molecule has 0 aromatic heterocycles. The number of aryl methyl sites for hydroxylation is 1. The summed E-state index contributed by atoms with van der Waals surface area (Å²) in [5.41, 5.74) is 2.80. The third kappa shape index (κ3) is 1.56. The van der Waals surface area contributed by atoms with Crippen LogP contribution in [0.5, 0.6) is 0 Å². The maximum atomic E-state index is 2.73. The van der Waals surface area contributed by atoms with E-state index in [1.165, 1.54) is 11.0 Å². The van der Waals surface area contributed by atoms with E-state index in [-0.39, 0.29) is 0 Å². The normalized spacial score (nSPS) is 9.11. The lowest BCUT2D eigenvalue weighted by Gasteiger charge is -1.97. The van der Waals surface area contributed by atoms with Crippen LogP contribution in [0.25, 0.3) is 0 Å². The fourth-order valence-corrected chi connectivity index (χ4v) is 1.30. The van der Waals surface area contributed by atoms with Gasteiger partial charge in [0.05, 0.1) is 0 Å². The predicted octanol–water partition coefficient (Wildman–Crippen LogP) is 0.847. The fourth-order valence-electron chi connectivity index (χ4n) is 0.839. The summed E-state index contributed by atoms with van der Waals surface area (Å²) in [4.78, 5) is 0. The molecule has 0 N–H and O–H groups in total. The van der Waals surface area contributed by atoms with E-state index in [0.29, 0.717) is 0 Å². The van der Waals surface area contributed by atoms with Crippen LogP contribution in [0.4, 0.5) is 0 Å². The van der Waals surface area contributed by atoms with E-state index in [1.54, 1.807) is 0 Å². The maximum absolute atomic E-state index is 2.73. The topological polar surface area (TPSA) is 0 Å². The van der Waals surface area contributed by atoms with Crippen LogP contribution in [0.3, 0.4) is 0 Å². The van der Waals surface area contributed by atoms with Gasteiger partial charge in [-0.3, -0.25) is 0 Å². The van der Waals surface area contributed by atoms with Gasteiger partial charge in [-0.25, -0.2) is 0 Å². The minimum absolute atomic E-state index is 1.06. The van der Waals surface area contributed by atoms with Crippen LogP contribution in [0.1, 0.15) is 5.56 Å². The number of hydrogen-bond acceptors (Lipinski definition) is 0. The van der Waals surface area contributed by atoms with Crippen LogP contribution in [0.2, 0.25) is 0 Å². The highest BCUT2D eigenvalue weighted by Gasteiger charge is 1.91. The van der Waals surface area contributed by atoms with Crippen LogP contribution in [-0.2, 0) is 0 Å². The SMILES string of the molecule is Cc1ccccc1BP. The van der Waals surface area contributed by atoms with E-state index >= 15 is 0 Å². The van der Waals surface area contributed by atoms with Crippen LogP contribution >= 0.6 is 9.12 Å². The van der Waals surface area contributed by atoms with E-state index in [2.05, 4.69) is 40.3 Å². The van der Waals surface area contributed by atoms with Gasteiger partial charge in [0, 0.05) is 0 Å². The molecule has 0 spiro atoms. The molecule has 0 nitrogen and oxygen atoms in total. The van der Waals surface area contributed by atoms with E-state index in [0.717, 1.165) is 7.00 Å². The van der Waals surface area contributed by atoms with Crippen LogP contribution < -0.4 is 5.46 Å². The lowest BCUT2D eigenvalue weighted by Crippen LogP contribution is -2.10. The molecule has 1 atom stereocenters. The Balaban J connectivity index is 3.01. The number of benzene rings is 1. The minimum Gasteiger partial charge on any atom is -0.169 e. The zero-order valence-electron chi connectivity index (χ0n) is 5.59. The molecule has 0 radical (unpaired) electrons. The van der Waals surface area contributed by atoms with E-state index in [4.69, 9.17) is 0 Å². The van der Waals surface area contributed by atoms with Gasteiger partial charge in [0.2, 0.25) is 0 Å². The number of rotatable bonds is 1. The van der Waals surface area contributed by atoms with Gasteiger partial charge >= 0.3 is 0 Å². The molecular weight excluding hydrogens is 126 g/mol. The Hall–Kier alpha value is -0.285. The van der Waals surface area contributed by atoms with E-state index in [9.17, 15) is 0 Å². The molecule has 0 aliphatic rings. The summed E-state index contributed by atoms with van der Waals surface area (Å²) in [6, 6.07) is 8.44. The first-order chi connectivity index (χ1) is 4.34. The molecule has 0 amide bonds. The van der Waals surface area contributed by atoms with E-state index < -0.39 is 0 Å². The van der Waals surface area contributed by atoms with Gasteiger partial charge in [-0.15, -0.1) is 0 Å². The Morgan fingerprint density at radius 2 is 2.00 bits per heavy atom. The summed E-state index contributed by atoms with van der Waals surface area (Å²) < 4.78 is 0. The summed E-state index contributed by atoms with van der Waals surface area (Å²) in [6.07, 6.45) is 0. The average Bonchev–Trinajstić information content (AvgIpc) is 1.89. The lowest BCUT2D eigenvalue weighted by molar-refractivity contribution is 1.52. The monoisotopic (exact) mass is 136 g/mol. The Labute approximate surface area is 59.1 Å². The van der Waals surface area contributed by atoms with Gasteiger partial charge in [0.15, 0.2) is 7.00 Å². The van der Waals surface area contributed by atoms with Crippen molar-refractivity contribution in [2.24, 2.45) is 0 Å². The van der Waals surface area contributed by atoms with Crippen molar-refractivity contribution in [2.75, 3.05) is 0 Å². The maximum Gasteiger partial charge on any atom is 0.180 e. The third-order valence-electron chi connectivity index (χ3n) is 1.48. The minimum atomic E-state index is 1.06. The van der Waals surface area contributed by atoms with Gasteiger partial charge in [-0.1, -0.05) is 35.3 Å². The van der Waals surface area contributed by atoms with Gasteiger partial charge < -0.3 is 0 Å². The molecule has 0 saturated heterocycles. The van der Waals surface area contributed by atoms with Crippen LogP contribution in [-0.4, -0.2) is 7.00 Å². The van der Waals surface area contributed by atoms with Crippen LogP contribution in [0, 0.1) is 6.92 Å². The van der Waals surface area contributed by atoms with Gasteiger partial charge in [-0.05, 0) is 6.92 Å². The van der Waals surface area contributed by atoms with Gasteiger partial charge in [0.1, 0.15) is 0 Å². The molecule has 0 bridgehead atoms. The molecule has 1 aromatic rings. The average molecular weight is 136 g/mol. The van der Waals surface area contributed by atoms with Crippen molar-refractivity contribution >= 4 is 21.6 Å². The van der Waals surface area contributed by atoms with Crippen LogP contribution in [0.15, 0.2) is 24.3 Å². The zero-order valence-corrected chi connectivity index (χ0v) is 6.75. The van der Waals surface area contributed by atoms with Crippen molar-refractivity contribution in [1.82, 2.24) is 0 Å². The first kappa shape index (κ1) is 6.83. The molecule has 46 valence electrons. The molecule has 0 heterocycles. The molecule has 0 saturated carbocycles. The molecule has 0 aliphatic carbocycles. The van der Waals surface area contributed by atoms with E-state index in [1.807, 2.05) is 0 Å². The van der Waals surface area contributed by atoms with Gasteiger partial charge in [0.25, 0.3) is 0 Å². The predicted molar refractivity (Wildman–Crippen MR) is 47.7 cm³/mol. The Kier molecular flexibility index (Phi) is 2.30. The second-order valence-corrected chi connectivity index (χ2v) is 2.54. The van der Waals surface area contributed by atoms with Crippen molar-refractivity contribution in [3.8, 4) is 0 Å². The zero-order chi connectivity index (χ0) is 6.69. The Morgan fingerprint density at radius 1 is 1.33 bits per heavy atom. The quantitative estimate of drug-likeness (QED) is 0.396. The highest BCUT2D eigenvalue weighted by atomic mass is 31.0. The van der Waals surface area contributed by atoms with Crippen molar-refractivity contribution < 1.29 is 0 Å². The third-order valence-corrected chi connectivity index (χ3v) is 1.92. The summed E-state index contributed by atoms with van der Waals surface area (Å²) in [5, 5.41) is 0. The van der Waals surface area contributed by atoms with Crippen molar-refractivity contribution in [1.29, 1.82) is 0 Å². The molecule has 0 fully saturated rings. The molecule has 1 aromatic carbocycles. The highest BCUT2D eigenvalue weighted by Crippen LogP contribution is 1.92.